The minimum atomic E-state index is 0.183. The highest BCUT2D eigenvalue weighted by Crippen LogP contribution is 2.25. The van der Waals surface area contributed by atoms with Gasteiger partial charge in [-0.1, -0.05) is 0 Å². The molecule has 5 nitrogen and oxygen atoms in total. The zero-order valence-corrected chi connectivity index (χ0v) is 12.9. The van der Waals surface area contributed by atoms with E-state index in [4.69, 9.17) is 10.6 Å². The number of thiophene rings is 1. The molecule has 108 valence electrons. The van der Waals surface area contributed by atoms with Crippen LogP contribution >= 0.6 is 11.3 Å². The minimum absolute atomic E-state index is 0.183. The Morgan fingerprint density at radius 1 is 1.53 bits per heavy atom. The van der Waals surface area contributed by atoms with Crippen molar-refractivity contribution in [3.05, 3.63) is 21.4 Å². The molecule has 0 fully saturated rings. The molecule has 0 bridgehead atoms. The Kier molecular flexibility index (Phi) is 6.83. The van der Waals surface area contributed by atoms with Gasteiger partial charge in [-0.3, -0.25) is 10.4 Å². The molecule has 0 radical (unpaired) electrons. The van der Waals surface area contributed by atoms with Crippen LogP contribution < -0.4 is 16.6 Å². The molecule has 1 heterocycles. The fraction of sp³-hybridized carbons (Fsp3) is 0.615. The van der Waals surface area contributed by atoms with E-state index in [-0.39, 0.29) is 6.04 Å². The van der Waals surface area contributed by atoms with Gasteiger partial charge in [-0.15, -0.1) is 11.3 Å². The average Bonchev–Trinajstić information content (AvgIpc) is 2.72. The van der Waals surface area contributed by atoms with Crippen LogP contribution in [-0.4, -0.2) is 26.2 Å². The van der Waals surface area contributed by atoms with E-state index in [1.807, 2.05) is 11.3 Å². The summed E-state index contributed by atoms with van der Waals surface area (Å²) in [4.78, 5) is 7.02. The summed E-state index contributed by atoms with van der Waals surface area (Å²) >= 11 is 1.81. The number of aryl methyl sites for hydroxylation is 2. The first kappa shape index (κ1) is 15.9. The number of hydrogen-bond donors (Lipinski definition) is 3. The molecule has 0 aliphatic heterocycles. The van der Waals surface area contributed by atoms with Crippen molar-refractivity contribution in [2.45, 2.75) is 33.2 Å². The molecule has 6 heteroatoms. The lowest BCUT2D eigenvalue weighted by Crippen LogP contribution is -2.42. The largest absolute Gasteiger partial charge is 0.385 e. The van der Waals surface area contributed by atoms with Crippen LogP contribution in [0.5, 0.6) is 0 Å². The fourth-order valence-corrected chi connectivity index (χ4v) is 2.92. The highest BCUT2D eigenvalue weighted by Gasteiger charge is 2.12. The maximum absolute atomic E-state index is 5.49. The summed E-state index contributed by atoms with van der Waals surface area (Å²) in [6.07, 6.45) is 0.883. The minimum Gasteiger partial charge on any atom is -0.385 e. The molecular formula is C13H24N4OS. The van der Waals surface area contributed by atoms with Gasteiger partial charge in [0.1, 0.15) is 0 Å². The van der Waals surface area contributed by atoms with Gasteiger partial charge in [0, 0.05) is 30.0 Å². The molecule has 0 saturated heterocycles. The quantitative estimate of drug-likeness (QED) is 0.245. The molecule has 4 N–H and O–H groups in total. The Morgan fingerprint density at radius 2 is 2.26 bits per heavy atom. The summed E-state index contributed by atoms with van der Waals surface area (Å²) in [7, 11) is 1.69. The predicted molar refractivity (Wildman–Crippen MR) is 81.5 cm³/mol. The van der Waals surface area contributed by atoms with Gasteiger partial charge < -0.3 is 10.1 Å². The van der Waals surface area contributed by atoms with Crippen LogP contribution in [0.1, 0.15) is 34.7 Å². The average molecular weight is 284 g/mol. The number of rotatable bonds is 6. The highest BCUT2D eigenvalue weighted by atomic mass is 32.1. The molecule has 0 amide bonds. The number of methoxy groups -OCH3 is 1. The van der Waals surface area contributed by atoms with E-state index in [0.29, 0.717) is 19.1 Å². The smallest absolute Gasteiger partial charge is 0.206 e. The molecule has 1 aromatic rings. The molecular weight excluding hydrogens is 260 g/mol. The normalized spacial score (nSPS) is 13.4. The third-order valence-corrected chi connectivity index (χ3v) is 3.79. The van der Waals surface area contributed by atoms with Gasteiger partial charge in [0.15, 0.2) is 0 Å². The molecule has 1 rings (SSSR count). The first-order valence-electron chi connectivity index (χ1n) is 6.42. The van der Waals surface area contributed by atoms with Crippen LogP contribution in [-0.2, 0) is 4.74 Å². The zero-order chi connectivity index (χ0) is 14.3. The number of aliphatic imine (C=N–C) groups is 1. The lowest BCUT2D eigenvalue weighted by molar-refractivity contribution is 0.197. The number of nitrogens with two attached hydrogens (primary N) is 1. The molecule has 1 unspecified atom stereocenters. The second kappa shape index (κ2) is 8.14. The van der Waals surface area contributed by atoms with Crippen molar-refractivity contribution in [2.24, 2.45) is 10.8 Å². The Hall–Kier alpha value is -1.11. The summed E-state index contributed by atoms with van der Waals surface area (Å²) in [5.41, 5.74) is 3.90. The maximum atomic E-state index is 5.49. The Labute approximate surface area is 119 Å². The molecule has 0 aliphatic carbocycles. The Bertz CT molecular complexity index is 417. The van der Waals surface area contributed by atoms with E-state index >= 15 is 0 Å². The number of ether oxygens (including phenoxy) is 1. The lowest BCUT2D eigenvalue weighted by atomic mass is 10.1. The molecule has 0 saturated carbocycles. The monoisotopic (exact) mass is 284 g/mol. The summed E-state index contributed by atoms with van der Waals surface area (Å²) in [6.45, 7) is 7.76. The van der Waals surface area contributed by atoms with E-state index < -0.39 is 0 Å². The maximum Gasteiger partial charge on any atom is 0.206 e. The SMILES string of the molecule is COCCCN=C(NN)NC(C)c1cc(C)sc1C. The number of hydrazine groups is 1. The molecule has 0 spiro atoms. The van der Waals surface area contributed by atoms with E-state index in [1.165, 1.54) is 15.3 Å². The first-order chi connectivity index (χ1) is 9.08. The molecule has 0 aromatic carbocycles. The van der Waals surface area contributed by atoms with Crippen molar-refractivity contribution >= 4 is 17.3 Å². The lowest BCUT2D eigenvalue weighted by Gasteiger charge is -2.16. The number of hydrogen-bond acceptors (Lipinski definition) is 4. The van der Waals surface area contributed by atoms with Crippen LogP contribution in [0.25, 0.3) is 0 Å². The molecule has 1 aromatic heterocycles. The van der Waals surface area contributed by atoms with Gasteiger partial charge in [0.05, 0.1) is 6.04 Å². The molecule has 1 atom stereocenters. The van der Waals surface area contributed by atoms with Crippen LogP contribution in [0.2, 0.25) is 0 Å². The number of nitrogens with zero attached hydrogens (tertiary/aromatic N) is 1. The van der Waals surface area contributed by atoms with Gasteiger partial charge in [0.2, 0.25) is 5.96 Å². The van der Waals surface area contributed by atoms with Crippen LogP contribution in [0.15, 0.2) is 11.1 Å². The second-order valence-electron chi connectivity index (χ2n) is 4.46. The van der Waals surface area contributed by atoms with E-state index in [1.54, 1.807) is 7.11 Å². The first-order valence-corrected chi connectivity index (χ1v) is 7.23. The van der Waals surface area contributed by atoms with Crippen LogP contribution in [0.4, 0.5) is 0 Å². The van der Waals surface area contributed by atoms with Gasteiger partial charge in [-0.05, 0) is 38.8 Å². The number of guanidine groups is 1. The predicted octanol–water partition coefficient (Wildman–Crippen LogP) is 1.87. The van der Waals surface area contributed by atoms with Crippen molar-refractivity contribution < 1.29 is 4.74 Å². The van der Waals surface area contributed by atoms with Gasteiger partial charge in [0.25, 0.3) is 0 Å². The van der Waals surface area contributed by atoms with Crippen LogP contribution in [0, 0.1) is 13.8 Å². The van der Waals surface area contributed by atoms with E-state index in [2.05, 4.69) is 42.6 Å². The summed E-state index contributed by atoms with van der Waals surface area (Å²) in [5.74, 6) is 6.10. The van der Waals surface area contributed by atoms with Crippen molar-refractivity contribution in [1.29, 1.82) is 0 Å². The fourth-order valence-electron chi connectivity index (χ4n) is 1.90. The molecule has 0 aliphatic rings. The summed E-state index contributed by atoms with van der Waals surface area (Å²) in [6, 6.07) is 2.39. The van der Waals surface area contributed by atoms with E-state index in [9.17, 15) is 0 Å². The van der Waals surface area contributed by atoms with Gasteiger partial charge in [-0.2, -0.15) is 0 Å². The number of nitrogens with one attached hydrogen (secondary N) is 2. The standard InChI is InChI=1S/C13H24N4OS/c1-9-8-12(11(3)19-9)10(2)16-13(17-14)15-6-5-7-18-4/h8,10H,5-7,14H2,1-4H3,(H2,15,16,17). The highest BCUT2D eigenvalue weighted by molar-refractivity contribution is 7.12. The Morgan fingerprint density at radius 3 is 2.79 bits per heavy atom. The third-order valence-electron chi connectivity index (χ3n) is 2.81. The third kappa shape index (κ3) is 5.18. The molecule has 19 heavy (non-hydrogen) atoms. The second-order valence-corrected chi connectivity index (χ2v) is 5.92. The van der Waals surface area contributed by atoms with Crippen molar-refractivity contribution in [2.75, 3.05) is 20.3 Å². The topological polar surface area (TPSA) is 71.7 Å². The van der Waals surface area contributed by atoms with Gasteiger partial charge >= 0.3 is 0 Å². The van der Waals surface area contributed by atoms with Crippen LogP contribution in [0.3, 0.4) is 0 Å². The van der Waals surface area contributed by atoms with Crippen molar-refractivity contribution in [1.82, 2.24) is 10.7 Å². The van der Waals surface area contributed by atoms with E-state index in [0.717, 1.165) is 6.42 Å². The summed E-state index contributed by atoms with van der Waals surface area (Å²) < 4.78 is 4.99. The van der Waals surface area contributed by atoms with Crippen molar-refractivity contribution in [3.8, 4) is 0 Å². The Balaban J connectivity index is 2.57. The summed E-state index contributed by atoms with van der Waals surface area (Å²) in [5, 5.41) is 3.29. The zero-order valence-electron chi connectivity index (χ0n) is 12.1. The van der Waals surface area contributed by atoms with Crippen molar-refractivity contribution in [3.63, 3.8) is 0 Å². The van der Waals surface area contributed by atoms with Gasteiger partial charge in [-0.25, -0.2) is 5.84 Å².